The van der Waals surface area contributed by atoms with Gasteiger partial charge in [0.05, 0.1) is 5.56 Å². The van der Waals surface area contributed by atoms with Gasteiger partial charge >= 0.3 is 6.18 Å². The molecule has 0 bridgehead atoms. The molecule has 3 heteroatoms. The van der Waals surface area contributed by atoms with Gasteiger partial charge < -0.3 is 0 Å². The summed E-state index contributed by atoms with van der Waals surface area (Å²) < 4.78 is 38.0. The average Bonchev–Trinajstić information content (AvgIpc) is 2.37. The number of terminal acetylenes is 1. The van der Waals surface area contributed by atoms with Crippen LogP contribution < -0.4 is 0 Å². The van der Waals surface area contributed by atoms with Crippen molar-refractivity contribution < 1.29 is 13.2 Å². The van der Waals surface area contributed by atoms with Gasteiger partial charge in [0, 0.05) is 5.56 Å². The van der Waals surface area contributed by atoms with Crippen molar-refractivity contribution in [3.8, 4) is 23.5 Å². The number of alkyl halides is 3. The van der Waals surface area contributed by atoms with Crippen molar-refractivity contribution in [2.24, 2.45) is 0 Å². The first-order valence-electron chi connectivity index (χ1n) is 5.66. The first kappa shape index (κ1) is 13.2. The van der Waals surface area contributed by atoms with Crippen molar-refractivity contribution in [3.05, 3.63) is 59.2 Å². The Balaban J connectivity index is 2.54. The summed E-state index contributed by atoms with van der Waals surface area (Å²) in [5.74, 6) is 2.50. The van der Waals surface area contributed by atoms with E-state index in [-0.39, 0.29) is 0 Å². The van der Waals surface area contributed by atoms with E-state index in [0.717, 1.165) is 17.7 Å². The molecule has 19 heavy (non-hydrogen) atoms. The Hall–Kier alpha value is -2.21. The second kappa shape index (κ2) is 4.81. The van der Waals surface area contributed by atoms with Crippen molar-refractivity contribution in [1.82, 2.24) is 0 Å². The zero-order valence-electron chi connectivity index (χ0n) is 10.3. The molecule has 2 aromatic rings. The highest BCUT2D eigenvalue weighted by Gasteiger charge is 2.30. The summed E-state index contributed by atoms with van der Waals surface area (Å²) >= 11 is 0. The van der Waals surface area contributed by atoms with E-state index in [1.165, 1.54) is 6.07 Å². The molecule has 0 aliphatic heterocycles. The molecule has 0 atom stereocenters. The molecule has 96 valence electrons. The standard InChI is InChI=1S/C16H11F3/c1-3-12-7-11(2)8-14(9-12)13-5-4-6-15(10-13)16(17,18)19/h1,4-10H,2H3. The molecule has 0 amide bonds. The molecule has 0 aromatic heterocycles. The number of hydrogen-bond donors (Lipinski definition) is 0. The van der Waals surface area contributed by atoms with Crippen LogP contribution in [0.4, 0.5) is 13.2 Å². The van der Waals surface area contributed by atoms with Gasteiger partial charge in [0.2, 0.25) is 0 Å². The molecule has 0 aliphatic carbocycles. The first-order chi connectivity index (χ1) is 8.90. The monoisotopic (exact) mass is 260 g/mol. The van der Waals surface area contributed by atoms with E-state index in [0.29, 0.717) is 16.7 Å². The third-order valence-corrected chi connectivity index (χ3v) is 2.77. The lowest BCUT2D eigenvalue weighted by atomic mass is 9.99. The Bertz CT molecular complexity index is 646. The predicted octanol–water partition coefficient (Wildman–Crippen LogP) is 4.66. The van der Waals surface area contributed by atoms with Crippen molar-refractivity contribution in [1.29, 1.82) is 0 Å². The Morgan fingerprint density at radius 2 is 1.74 bits per heavy atom. The molecule has 0 nitrogen and oxygen atoms in total. The summed E-state index contributed by atoms with van der Waals surface area (Å²) in [6, 6.07) is 10.6. The van der Waals surface area contributed by atoms with Crippen LogP contribution in [-0.2, 0) is 6.18 Å². The second-order valence-corrected chi connectivity index (χ2v) is 4.31. The maximum Gasteiger partial charge on any atom is 0.416 e. The smallest absolute Gasteiger partial charge is 0.166 e. The highest BCUT2D eigenvalue weighted by Crippen LogP contribution is 2.32. The van der Waals surface area contributed by atoms with Gasteiger partial charge in [0.15, 0.2) is 0 Å². The first-order valence-corrected chi connectivity index (χ1v) is 5.66. The van der Waals surface area contributed by atoms with Gasteiger partial charge in [0.25, 0.3) is 0 Å². The molecular formula is C16H11F3. The number of benzene rings is 2. The Labute approximate surface area is 109 Å². The molecule has 0 unspecified atom stereocenters. The largest absolute Gasteiger partial charge is 0.416 e. The van der Waals surface area contributed by atoms with Gasteiger partial charge in [-0.2, -0.15) is 13.2 Å². The lowest BCUT2D eigenvalue weighted by Crippen LogP contribution is -2.04. The van der Waals surface area contributed by atoms with Crippen LogP contribution >= 0.6 is 0 Å². The summed E-state index contributed by atoms with van der Waals surface area (Å²) in [7, 11) is 0. The molecule has 2 rings (SSSR count). The lowest BCUT2D eigenvalue weighted by molar-refractivity contribution is -0.137. The molecule has 0 heterocycles. The SMILES string of the molecule is C#Cc1cc(C)cc(-c2cccc(C(F)(F)F)c2)c1. The summed E-state index contributed by atoms with van der Waals surface area (Å²) in [5, 5.41) is 0. The number of aryl methyl sites for hydroxylation is 1. The van der Waals surface area contributed by atoms with E-state index in [1.807, 2.05) is 19.1 Å². The fourth-order valence-electron chi connectivity index (χ4n) is 1.91. The summed E-state index contributed by atoms with van der Waals surface area (Å²) in [5.41, 5.74) is 2.12. The zero-order valence-corrected chi connectivity index (χ0v) is 10.3. The Morgan fingerprint density at radius 3 is 2.37 bits per heavy atom. The fourth-order valence-corrected chi connectivity index (χ4v) is 1.91. The third kappa shape index (κ3) is 2.97. The van der Waals surface area contributed by atoms with Crippen LogP contribution in [-0.4, -0.2) is 0 Å². The van der Waals surface area contributed by atoms with E-state index < -0.39 is 11.7 Å². The van der Waals surface area contributed by atoms with Gasteiger partial charge in [-0.05, 0) is 47.9 Å². The van der Waals surface area contributed by atoms with Crippen molar-refractivity contribution in [2.75, 3.05) is 0 Å². The maximum atomic E-state index is 12.7. The topological polar surface area (TPSA) is 0 Å². The van der Waals surface area contributed by atoms with Crippen LogP contribution in [0.15, 0.2) is 42.5 Å². The lowest BCUT2D eigenvalue weighted by Gasteiger charge is -2.09. The van der Waals surface area contributed by atoms with Gasteiger partial charge in [-0.3, -0.25) is 0 Å². The van der Waals surface area contributed by atoms with Crippen LogP contribution in [0.25, 0.3) is 11.1 Å². The van der Waals surface area contributed by atoms with Crippen molar-refractivity contribution >= 4 is 0 Å². The Kier molecular flexibility index (Phi) is 3.35. The van der Waals surface area contributed by atoms with Crippen LogP contribution in [0, 0.1) is 19.3 Å². The molecule has 0 aliphatic rings. The summed E-state index contributed by atoms with van der Waals surface area (Å²) in [4.78, 5) is 0. The number of rotatable bonds is 1. The third-order valence-electron chi connectivity index (χ3n) is 2.77. The molecule has 0 radical (unpaired) electrons. The van der Waals surface area contributed by atoms with Gasteiger partial charge in [0.1, 0.15) is 0 Å². The van der Waals surface area contributed by atoms with Crippen LogP contribution in [0.1, 0.15) is 16.7 Å². The van der Waals surface area contributed by atoms with Gasteiger partial charge in [-0.25, -0.2) is 0 Å². The van der Waals surface area contributed by atoms with E-state index in [2.05, 4.69) is 5.92 Å². The van der Waals surface area contributed by atoms with E-state index in [9.17, 15) is 13.2 Å². The van der Waals surface area contributed by atoms with Crippen LogP contribution in [0.2, 0.25) is 0 Å². The molecule has 0 spiro atoms. The molecular weight excluding hydrogens is 249 g/mol. The van der Waals surface area contributed by atoms with E-state index in [1.54, 1.807) is 12.1 Å². The summed E-state index contributed by atoms with van der Waals surface area (Å²) in [6.45, 7) is 1.86. The minimum Gasteiger partial charge on any atom is -0.166 e. The molecule has 0 saturated heterocycles. The molecule has 2 aromatic carbocycles. The molecule has 0 saturated carbocycles. The van der Waals surface area contributed by atoms with Crippen LogP contribution in [0.5, 0.6) is 0 Å². The fraction of sp³-hybridized carbons (Fsp3) is 0.125. The van der Waals surface area contributed by atoms with Gasteiger partial charge in [-0.1, -0.05) is 24.1 Å². The number of halogens is 3. The minimum atomic E-state index is -4.34. The van der Waals surface area contributed by atoms with Crippen LogP contribution in [0.3, 0.4) is 0 Å². The quantitative estimate of drug-likeness (QED) is 0.654. The minimum absolute atomic E-state index is 0.509. The zero-order chi connectivity index (χ0) is 14.0. The average molecular weight is 260 g/mol. The Morgan fingerprint density at radius 1 is 1.00 bits per heavy atom. The second-order valence-electron chi connectivity index (χ2n) is 4.31. The maximum absolute atomic E-state index is 12.7. The summed E-state index contributed by atoms with van der Waals surface area (Å²) in [6.07, 6.45) is 0.996. The normalized spacial score (nSPS) is 11.1. The molecule has 0 fully saturated rings. The highest BCUT2D eigenvalue weighted by atomic mass is 19.4. The number of hydrogen-bond acceptors (Lipinski definition) is 0. The molecule has 0 N–H and O–H groups in total. The predicted molar refractivity (Wildman–Crippen MR) is 69.6 cm³/mol. The van der Waals surface area contributed by atoms with Gasteiger partial charge in [-0.15, -0.1) is 6.42 Å². The van der Waals surface area contributed by atoms with Crippen molar-refractivity contribution in [3.63, 3.8) is 0 Å². The van der Waals surface area contributed by atoms with E-state index in [4.69, 9.17) is 6.42 Å². The highest BCUT2D eigenvalue weighted by molar-refractivity contribution is 5.67. The van der Waals surface area contributed by atoms with E-state index >= 15 is 0 Å². The van der Waals surface area contributed by atoms with Crippen molar-refractivity contribution in [2.45, 2.75) is 13.1 Å².